The third-order valence-electron chi connectivity index (χ3n) is 9.04. The summed E-state index contributed by atoms with van der Waals surface area (Å²) in [6.07, 6.45) is 3.87. The molecule has 3 N–H and O–H groups in total. The molecule has 254 valence electrons. The minimum atomic E-state index is -5.46. The van der Waals surface area contributed by atoms with E-state index in [4.69, 9.17) is 5.73 Å². The first-order chi connectivity index (χ1) is 23.7. The van der Waals surface area contributed by atoms with Gasteiger partial charge in [-0.2, -0.15) is 5.10 Å². The van der Waals surface area contributed by atoms with Gasteiger partial charge < -0.3 is 14.8 Å². The number of carbonyl (C=O) groups is 2. The average molecular weight is 759 g/mol. The van der Waals surface area contributed by atoms with Gasteiger partial charge in [0.05, 0.1) is 54.1 Å². The molecule has 0 unspecified atom stereocenters. The van der Waals surface area contributed by atoms with E-state index < -0.39 is 85.5 Å². The number of benzene rings is 3. The normalized spacial score (nSPS) is 15.6. The molecule has 0 atom stereocenters. The van der Waals surface area contributed by atoms with Crippen molar-refractivity contribution < 1.29 is 94.6 Å². The van der Waals surface area contributed by atoms with E-state index in [2.05, 4.69) is 15.5 Å². The van der Waals surface area contributed by atoms with E-state index in [0.29, 0.717) is 18.9 Å². The van der Waals surface area contributed by atoms with Gasteiger partial charge in [-0.25, -0.2) is 16.8 Å². The summed E-state index contributed by atoms with van der Waals surface area (Å²) >= 11 is 0. The third-order valence-corrected chi connectivity index (χ3v) is 10.8. The van der Waals surface area contributed by atoms with Crippen molar-refractivity contribution in [1.82, 2.24) is 0 Å². The number of nitrogen functional groups attached to an aromatic ring is 1. The molecule has 0 heterocycles. The van der Waals surface area contributed by atoms with E-state index in [1.807, 2.05) is 0 Å². The largest absolute Gasteiger partial charge is 1.00 e. The van der Waals surface area contributed by atoms with Gasteiger partial charge in [0.2, 0.25) is 0 Å². The van der Waals surface area contributed by atoms with Gasteiger partial charge in [0.15, 0.2) is 22.4 Å². The molecule has 14 nitrogen and oxygen atoms in total. The van der Waals surface area contributed by atoms with Crippen LogP contribution < -0.4 is 91.8 Å². The van der Waals surface area contributed by atoms with Gasteiger partial charge >= 0.3 is 59.1 Å². The first-order valence-electron chi connectivity index (χ1n) is 15.3. The Morgan fingerprint density at radius 3 is 1.77 bits per heavy atom. The van der Waals surface area contributed by atoms with Crippen molar-refractivity contribution in [3.8, 4) is 0 Å². The number of nitrogens with one attached hydrogen (secondary N) is 1. The molecular weight excluding hydrogens is 735 g/mol. The zero-order valence-electron chi connectivity index (χ0n) is 27.8. The molecule has 0 saturated heterocycles. The summed E-state index contributed by atoms with van der Waals surface area (Å²) in [5.41, 5.74) is 4.09. The second kappa shape index (κ2) is 14.8. The average Bonchev–Trinajstić information content (AvgIpc) is 3.08. The topological polar surface area (TPSA) is 245 Å². The Kier molecular flexibility index (Phi) is 11.3. The molecule has 52 heavy (non-hydrogen) atoms. The van der Waals surface area contributed by atoms with E-state index in [-0.39, 0.29) is 97.6 Å². The minimum Gasteiger partial charge on any atom is -0.744 e. The molecule has 0 aromatic heterocycles. The van der Waals surface area contributed by atoms with Crippen molar-refractivity contribution in [3.63, 3.8) is 0 Å². The standard InChI is InChI=1S/C34H26N4O10S2.2Na/c35-29-23(49(43,44)45)15-22(26-27(29)33(41)19-12-6-4-10-17(19)32(26)40)37-38-30-24(50(46,47)48)14-21(36-16-8-2-1-3-9-16)25-28(30)34(42)20-13-7-5-11-18(20)31(25)39;;/h4-7,10-16,37H,1-3,8-9,35H2,(H,43,44,45)(H,46,47,48);;/q;2*+1/p-2. The Bertz CT molecular complexity index is 2890. The molecule has 1 fully saturated rings. The molecule has 4 aliphatic rings. The Labute approximate surface area is 339 Å². The number of hydrogen-bond donors (Lipinski definition) is 2. The molecule has 3 aromatic carbocycles. The van der Waals surface area contributed by atoms with Crippen molar-refractivity contribution in [3.05, 3.63) is 125 Å². The van der Waals surface area contributed by atoms with Crippen LogP contribution in [0, 0.1) is 10.4 Å². The van der Waals surface area contributed by atoms with Crippen LogP contribution in [0.2, 0.25) is 0 Å². The fourth-order valence-corrected chi connectivity index (χ4v) is 8.02. The fourth-order valence-electron chi connectivity index (χ4n) is 6.75. The van der Waals surface area contributed by atoms with Crippen molar-refractivity contribution in [2.75, 3.05) is 11.2 Å². The van der Waals surface area contributed by atoms with Crippen LogP contribution in [0.3, 0.4) is 0 Å². The molecule has 4 aliphatic carbocycles. The van der Waals surface area contributed by atoms with Crippen LogP contribution in [0.4, 0.5) is 11.4 Å². The van der Waals surface area contributed by atoms with Gasteiger partial charge in [0.25, 0.3) is 0 Å². The van der Waals surface area contributed by atoms with Gasteiger partial charge in [-0.15, -0.1) is 0 Å². The summed E-state index contributed by atoms with van der Waals surface area (Å²) in [4.78, 5) is 57.9. The van der Waals surface area contributed by atoms with Crippen LogP contribution >= 0.6 is 0 Å². The Morgan fingerprint density at radius 1 is 0.692 bits per heavy atom. The molecule has 3 aromatic rings. The maximum absolute atomic E-state index is 14.1. The molecule has 0 amide bonds. The second-order valence-corrected chi connectivity index (χ2v) is 14.7. The summed E-state index contributed by atoms with van der Waals surface area (Å²) in [5, 5.41) is 2.07. The summed E-state index contributed by atoms with van der Waals surface area (Å²) in [6.45, 7) is 0. The summed E-state index contributed by atoms with van der Waals surface area (Å²) in [6, 6.07) is 12.6. The van der Waals surface area contributed by atoms with Crippen LogP contribution in [0.15, 0.2) is 90.1 Å². The molecule has 18 heteroatoms. The van der Waals surface area contributed by atoms with E-state index in [1.165, 1.54) is 42.5 Å². The van der Waals surface area contributed by atoms with E-state index in [1.54, 1.807) is 6.07 Å². The van der Waals surface area contributed by atoms with E-state index in [9.17, 15) is 45.1 Å². The predicted molar refractivity (Wildman–Crippen MR) is 176 cm³/mol. The van der Waals surface area contributed by atoms with Gasteiger partial charge in [0, 0.05) is 21.9 Å². The Morgan fingerprint density at radius 2 is 1.21 bits per heavy atom. The summed E-state index contributed by atoms with van der Waals surface area (Å²) < 4.78 is 75.2. The SMILES string of the molecule is Nc1c(S(=O)(=O)[O-])cc(NN=c2c(S(=O)(=O)[O-])cc(=NC3CCCCC3)c3c(=O)c4ccccc4c(=O)c2=3)c2c1C(=O)c1ccccc1C2=O.[Na+].[Na+]. The molecule has 0 spiro atoms. The Balaban J connectivity index is 0.00000261. The maximum Gasteiger partial charge on any atom is 1.00 e. The number of fused-ring (bicyclic) bond motifs is 3. The van der Waals surface area contributed by atoms with Crippen molar-refractivity contribution in [2.24, 2.45) is 10.1 Å². The van der Waals surface area contributed by atoms with Gasteiger partial charge in [0.1, 0.15) is 25.6 Å². The van der Waals surface area contributed by atoms with Crippen LogP contribution in [-0.4, -0.2) is 43.5 Å². The van der Waals surface area contributed by atoms with Crippen LogP contribution in [0.1, 0.15) is 63.9 Å². The molecule has 0 radical (unpaired) electrons. The molecule has 7 rings (SSSR count). The van der Waals surface area contributed by atoms with Crippen LogP contribution in [0.5, 0.6) is 0 Å². The number of rotatable bonds is 5. The maximum atomic E-state index is 14.1. The number of hydrogen-bond acceptors (Lipinski definition) is 14. The summed E-state index contributed by atoms with van der Waals surface area (Å²) in [5.74, 6) is -1.71. The van der Waals surface area contributed by atoms with Crippen molar-refractivity contribution in [2.45, 2.75) is 47.9 Å². The monoisotopic (exact) mass is 758 g/mol. The molecule has 1 saturated carbocycles. The number of anilines is 2. The zero-order chi connectivity index (χ0) is 35.7. The first kappa shape index (κ1) is 39.8. The Hall–Kier alpha value is -3.42. The van der Waals surface area contributed by atoms with Gasteiger partial charge in [-0.3, -0.25) is 29.6 Å². The quantitative estimate of drug-likeness (QED) is 0.0732. The molecular formula is C34H24N4Na2O10S2. The summed E-state index contributed by atoms with van der Waals surface area (Å²) in [7, 11) is -10.8. The number of nitrogens with two attached hydrogens (primary N) is 1. The molecule has 0 bridgehead atoms. The van der Waals surface area contributed by atoms with E-state index in [0.717, 1.165) is 25.3 Å². The molecule has 0 aliphatic heterocycles. The van der Waals surface area contributed by atoms with Crippen molar-refractivity contribution in [1.29, 1.82) is 0 Å². The van der Waals surface area contributed by atoms with Gasteiger partial charge in [-0.05, 0) is 25.0 Å². The number of ketones is 2. The van der Waals surface area contributed by atoms with Crippen LogP contribution in [-0.2, 0) is 20.2 Å². The van der Waals surface area contributed by atoms with Gasteiger partial charge in [-0.1, -0.05) is 67.8 Å². The zero-order valence-corrected chi connectivity index (χ0v) is 33.4. The minimum absolute atomic E-state index is 0. The van der Waals surface area contributed by atoms with E-state index >= 15 is 0 Å². The second-order valence-electron chi connectivity index (χ2n) is 12.0. The smallest absolute Gasteiger partial charge is 0.744 e. The number of carbonyl (C=O) groups excluding carboxylic acids is 2. The van der Waals surface area contributed by atoms with Crippen molar-refractivity contribution >= 4 is 53.9 Å². The number of nitrogens with zero attached hydrogens (tertiary/aromatic N) is 2. The first-order valence-corrected chi connectivity index (χ1v) is 18.1. The van der Waals surface area contributed by atoms with Crippen LogP contribution in [0.25, 0.3) is 10.8 Å². The predicted octanol–water partition coefficient (Wildman–Crippen LogP) is -4.50. The third kappa shape index (κ3) is 6.77. The fraction of sp³-hybridized carbons (Fsp3) is 0.176.